The molecule has 1 N–H and O–H groups in total. The molecule has 0 unspecified atom stereocenters. The van der Waals surface area contributed by atoms with Gasteiger partial charge in [-0.1, -0.05) is 0 Å². The Labute approximate surface area is 169 Å². The van der Waals surface area contributed by atoms with Crippen LogP contribution in [0, 0.1) is 0 Å². The number of ether oxygens (including phenoxy) is 2. The first-order chi connectivity index (χ1) is 13.5. The van der Waals surface area contributed by atoms with Crippen LogP contribution >= 0.6 is 0 Å². The van der Waals surface area contributed by atoms with Gasteiger partial charge in [-0.15, -0.1) is 0 Å². The second-order valence-corrected chi connectivity index (χ2v) is 8.08. The van der Waals surface area contributed by atoms with Gasteiger partial charge in [-0.2, -0.15) is 0 Å². The minimum absolute atomic E-state index is 0.149. The lowest BCUT2D eigenvalue weighted by molar-refractivity contribution is 0.207. The van der Waals surface area contributed by atoms with Crippen LogP contribution in [0.15, 0.2) is 42.7 Å². The number of nitrogens with zero attached hydrogens (tertiary/aromatic N) is 2. The highest BCUT2D eigenvalue weighted by Gasteiger charge is 2.20. The third-order valence-corrected chi connectivity index (χ3v) is 4.71. The number of hydrogen-bond donors (Lipinski definition) is 1. The summed E-state index contributed by atoms with van der Waals surface area (Å²) in [5.41, 5.74) is 2.35. The SMILES string of the molecule is CC(C)Oc1cc(CN2CCC(Nc3cccnc3)CC2)cc(OC(C)C)c1. The van der Waals surface area contributed by atoms with Crippen LogP contribution in [-0.2, 0) is 6.54 Å². The van der Waals surface area contributed by atoms with Gasteiger partial charge in [0.2, 0.25) is 0 Å². The van der Waals surface area contributed by atoms with E-state index in [4.69, 9.17) is 9.47 Å². The Morgan fingerprint density at radius 2 is 1.68 bits per heavy atom. The molecule has 0 radical (unpaired) electrons. The molecule has 3 rings (SSSR count). The summed E-state index contributed by atoms with van der Waals surface area (Å²) in [6.45, 7) is 11.3. The highest BCUT2D eigenvalue weighted by molar-refractivity contribution is 5.41. The molecule has 1 aromatic carbocycles. The van der Waals surface area contributed by atoms with E-state index in [1.807, 2.05) is 24.5 Å². The van der Waals surface area contributed by atoms with Gasteiger partial charge in [0.1, 0.15) is 11.5 Å². The van der Waals surface area contributed by atoms with Crippen LogP contribution in [0.3, 0.4) is 0 Å². The van der Waals surface area contributed by atoms with Crippen LogP contribution in [0.2, 0.25) is 0 Å². The Balaban J connectivity index is 1.58. The maximum atomic E-state index is 5.94. The molecular weight excluding hydrogens is 350 g/mol. The zero-order chi connectivity index (χ0) is 19.9. The normalized spacial score (nSPS) is 15.8. The van der Waals surface area contributed by atoms with Gasteiger partial charge < -0.3 is 14.8 Å². The Morgan fingerprint density at radius 1 is 1.04 bits per heavy atom. The Hall–Kier alpha value is -2.27. The number of nitrogens with one attached hydrogen (secondary N) is 1. The third-order valence-electron chi connectivity index (χ3n) is 4.71. The number of pyridine rings is 1. The van der Waals surface area contributed by atoms with Crippen LogP contribution in [0.25, 0.3) is 0 Å². The van der Waals surface area contributed by atoms with Crippen molar-refractivity contribution < 1.29 is 9.47 Å². The van der Waals surface area contributed by atoms with Crippen LogP contribution < -0.4 is 14.8 Å². The summed E-state index contributed by atoms with van der Waals surface area (Å²) in [5, 5.41) is 3.60. The first-order valence-electron chi connectivity index (χ1n) is 10.3. The van der Waals surface area contributed by atoms with Crippen molar-refractivity contribution in [2.75, 3.05) is 18.4 Å². The van der Waals surface area contributed by atoms with E-state index in [1.54, 1.807) is 0 Å². The summed E-state index contributed by atoms with van der Waals surface area (Å²) in [6.07, 6.45) is 6.26. The predicted molar refractivity (Wildman–Crippen MR) is 114 cm³/mol. The molecule has 0 amide bonds. The van der Waals surface area contributed by atoms with Crippen molar-refractivity contribution in [3.63, 3.8) is 0 Å². The highest BCUT2D eigenvalue weighted by Crippen LogP contribution is 2.27. The van der Waals surface area contributed by atoms with E-state index in [-0.39, 0.29) is 12.2 Å². The van der Waals surface area contributed by atoms with Gasteiger partial charge in [-0.25, -0.2) is 0 Å². The topological polar surface area (TPSA) is 46.6 Å². The van der Waals surface area contributed by atoms with Gasteiger partial charge in [0.05, 0.1) is 17.9 Å². The third kappa shape index (κ3) is 6.41. The van der Waals surface area contributed by atoms with E-state index in [9.17, 15) is 0 Å². The van der Waals surface area contributed by atoms with E-state index in [1.165, 1.54) is 5.56 Å². The number of anilines is 1. The smallest absolute Gasteiger partial charge is 0.123 e. The molecule has 2 heterocycles. The van der Waals surface area contributed by atoms with Crippen LogP contribution in [0.4, 0.5) is 5.69 Å². The zero-order valence-corrected chi connectivity index (χ0v) is 17.5. The van der Waals surface area contributed by atoms with Crippen molar-refractivity contribution in [1.29, 1.82) is 0 Å². The van der Waals surface area contributed by atoms with Crippen LogP contribution in [-0.4, -0.2) is 41.2 Å². The molecule has 5 nitrogen and oxygen atoms in total. The molecule has 1 saturated heterocycles. The minimum Gasteiger partial charge on any atom is -0.491 e. The van der Waals surface area contributed by atoms with E-state index in [2.05, 4.69) is 61.1 Å². The molecule has 1 aliphatic rings. The second-order valence-electron chi connectivity index (χ2n) is 8.08. The first-order valence-corrected chi connectivity index (χ1v) is 10.3. The molecule has 0 spiro atoms. The van der Waals surface area contributed by atoms with Gasteiger partial charge in [-0.3, -0.25) is 9.88 Å². The summed E-state index contributed by atoms with van der Waals surface area (Å²) >= 11 is 0. The van der Waals surface area contributed by atoms with Crippen molar-refractivity contribution in [3.8, 4) is 11.5 Å². The number of likely N-dealkylation sites (tertiary alicyclic amines) is 1. The lowest BCUT2D eigenvalue weighted by Gasteiger charge is -2.33. The summed E-state index contributed by atoms with van der Waals surface area (Å²) in [4.78, 5) is 6.69. The number of aromatic nitrogens is 1. The minimum atomic E-state index is 0.149. The predicted octanol–water partition coefficient (Wildman–Crippen LogP) is 4.73. The molecule has 0 saturated carbocycles. The monoisotopic (exact) mass is 383 g/mol. The molecule has 1 aliphatic heterocycles. The zero-order valence-electron chi connectivity index (χ0n) is 17.5. The van der Waals surface area contributed by atoms with Gasteiger partial charge in [0.15, 0.2) is 0 Å². The van der Waals surface area contributed by atoms with Gasteiger partial charge in [-0.05, 0) is 70.4 Å². The first kappa shape index (κ1) is 20.5. The average Bonchev–Trinajstić information content (AvgIpc) is 2.63. The van der Waals surface area contributed by atoms with Gasteiger partial charge >= 0.3 is 0 Å². The molecule has 1 aromatic heterocycles. The van der Waals surface area contributed by atoms with Crippen LogP contribution in [0.5, 0.6) is 11.5 Å². The largest absolute Gasteiger partial charge is 0.491 e. The van der Waals surface area contributed by atoms with Crippen molar-refractivity contribution in [3.05, 3.63) is 48.3 Å². The molecule has 28 heavy (non-hydrogen) atoms. The van der Waals surface area contributed by atoms with E-state index < -0.39 is 0 Å². The molecular formula is C23H33N3O2. The fourth-order valence-electron chi connectivity index (χ4n) is 3.58. The fraction of sp³-hybridized carbons (Fsp3) is 0.522. The van der Waals surface area contributed by atoms with E-state index in [0.29, 0.717) is 6.04 Å². The maximum absolute atomic E-state index is 5.94. The van der Waals surface area contributed by atoms with Crippen molar-refractivity contribution >= 4 is 5.69 Å². The summed E-state index contributed by atoms with van der Waals surface area (Å²) in [5.74, 6) is 1.77. The molecule has 152 valence electrons. The van der Waals surface area contributed by atoms with Crippen molar-refractivity contribution in [2.24, 2.45) is 0 Å². The lowest BCUT2D eigenvalue weighted by atomic mass is 10.0. The second kappa shape index (κ2) is 9.78. The standard InChI is InChI=1S/C23H33N3O2/c1-17(2)27-22-12-19(13-23(14-22)28-18(3)4)16-26-10-7-20(8-11-26)25-21-6-5-9-24-15-21/h5-6,9,12-15,17-18,20,25H,7-8,10-11,16H2,1-4H3. The Morgan fingerprint density at radius 3 is 2.21 bits per heavy atom. The lowest BCUT2D eigenvalue weighted by Crippen LogP contribution is -2.38. The molecule has 0 bridgehead atoms. The summed E-state index contributed by atoms with van der Waals surface area (Å²) in [6, 6.07) is 10.8. The molecule has 0 atom stereocenters. The molecule has 1 fully saturated rings. The fourth-order valence-corrected chi connectivity index (χ4v) is 3.58. The summed E-state index contributed by atoms with van der Waals surface area (Å²) < 4.78 is 11.9. The molecule has 0 aliphatic carbocycles. The Bertz CT molecular complexity index is 698. The molecule has 2 aromatic rings. The van der Waals surface area contributed by atoms with Gasteiger partial charge in [0.25, 0.3) is 0 Å². The average molecular weight is 384 g/mol. The van der Waals surface area contributed by atoms with Crippen molar-refractivity contribution in [1.82, 2.24) is 9.88 Å². The van der Waals surface area contributed by atoms with E-state index >= 15 is 0 Å². The maximum Gasteiger partial charge on any atom is 0.123 e. The molecule has 5 heteroatoms. The quantitative estimate of drug-likeness (QED) is 0.714. The van der Waals surface area contributed by atoms with Gasteiger partial charge in [0, 0.05) is 44.1 Å². The Kier molecular flexibility index (Phi) is 7.15. The number of benzene rings is 1. The van der Waals surface area contributed by atoms with Crippen molar-refractivity contribution in [2.45, 2.75) is 65.3 Å². The number of hydrogen-bond acceptors (Lipinski definition) is 5. The number of piperidine rings is 1. The van der Waals surface area contributed by atoms with E-state index in [0.717, 1.165) is 49.7 Å². The van der Waals surface area contributed by atoms with Crippen LogP contribution in [0.1, 0.15) is 46.1 Å². The summed E-state index contributed by atoms with van der Waals surface area (Å²) in [7, 11) is 0. The highest BCUT2D eigenvalue weighted by atomic mass is 16.5. The number of rotatable bonds is 8.